The molecule has 0 aromatic heterocycles. The Labute approximate surface area is 132 Å². The van der Waals surface area contributed by atoms with Crippen molar-refractivity contribution in [3.05, 3.63) is 23.8 Å². The zero-order valence-electron chi connectivity index (χ0n) is 12.8. The first kappa shape index (κ1) is 16.1. The number of nitrogens with one attached hydrogen (secondary N) is 1. The van der Waals surface area contributed by atoms with Gasteiger partial charge in [0.1, 0.15) is 0 Å². The second-order valence-corrected chi connectivity index (χ2v) is 6.14. The number of anilines is 2. The smallest absolute Gasteiger partial charge is 0.378 e. The van der Waals surface area contributed by atoms with Crippen LogP contribution in [0.15, 0.2) is 18.2 Å². The number of halogens is 3. The topological polar surface area (TPSA) is 41.6 Å². The van der Waals surface area contributed by atoms with E-state index in [1.54, 1.807) is 0 Å². The molecule has 1 aliphatic heterocycles. The van der Waals surface area contributed by atoms with Crippen molar-refractivity contribution >= 4 is 17.3 Å². The summed E-state index contributed by atoms with van der Waals surface area (Å²) < 4.78 is 44.2. The van der Waals surface area contributed by atoms with Crippen molar-refractivity contribution in [2.45, 2.75) is 19.5 Å². The molecule has 3 rings (SSSR count). The number of amides is 1. The number of hydrogen-bond acceptors (Lipinski definition) is 3. The minimum absolute atomic E-state index is 0.0953. The third kappa shape index (κ3) is 3.60. The molecule has 1 saturated carbocycles. The van der Waals surface area contributed by atoms with Gasteiger partial charge >= 0.3 is 6.18 Å². The zero-order chi connectivity index (χ0) is 16.6. The number of carbonyl (C=O) groups excluding carboxylic acids is 1. The first-order chi connectivity index (χ1) is 10.9. The van der Waals surface area contributed by atoms with Crippen molar-refractivity contribution < 1.29 is 22.7 Å². The first-order valence-electron chi connectivity index (χ1n) is 7.71. The molecule has 1 amide bonds. The summed E-state index contributed by atoms with van der Waals surface area (Å²) in [5, 5.41) is 2.69. The molecule has 126 valence electrons. The second-order valence-electron chi connectivity index (χ2n) is 6.14. The molecule has 0 radical (unpaired) electrons. The van der Waals surface area contributed by atoms with Crippen LogP contribution in [0.5, 0.6) is 0 Å². The van der Waals surface area contributed by atoms with E-state index in [0.29, 0.717) is 37.9 Å². The van der Waals surface area contributed by atoms with E-state index in [1.807, 2.05) is 11.8 Å². The van der Waals surface area contributed by atoms with Gasteiger partial charge in [-0.25, -0.2) is 0 Å². The summed E-state index contributed by atoms with van der Waals surface area (Å²) in [4.78, 5) is 14.1. The third-order valence-electron chi connectivity index (χ3n) is 4.38. The molecule has 1 N–H and O–H groups in total. The van der Waals surface area contributed by atoms with Crippen molar-refractivity contribution in [1.82, 2.24) is 0 Å². The first-order valence-corrected chi connectivity index (χ1v) is 7.71. The number of carbonyl (C=O) groups is 1. The molecular formula is C16H19F3N2O2. The predicted octanol–water partition coefficient (Wildman–Crippen LogP) is 3.14. The van der Waals surface area contributed by atoms with Gasteiger partial charge in [0.2, 0.25) is 5.91 Å². The normalized spacial score (nSPS) is 24.4. The maximum Gasteiger partial charge on any atom is 0.416 e. The molecule has 1 aliphatic carbocycles. The average molecular weight is 328 g/mol. The Kier molecular flexibility index (Phi) is 4.23. The molecule has 4 nitrogen and oxygen atoms in total. The number of rotatable bonds is 3. The second kappa shape index (κ2) is 6.03. The highest BCUT2D eigenvalue weighted by Crippen LogP contribution is 2.40. The maximum atomic E-state index is 13.0. The van der Waals surface area contributed by atoms with Gasteiger partial charge in [-0.1, -0.05) is 6.92 Å². The molecule has 2 aliphatic rings. The number of ether oxygens (including phenoxy) is 1. The molecule has 7 heteroatoms. The number of nitrogens with zero attached hydrogens (tertiary/aromatic N) is 1. The number of hydrogen-bond donors (Lipinski definition) is 1. The van der Waals surface area contributed by atoms with Crippen LogP contribution in [0.3, 0.4) is 0 Å². The monoisotopic (exact) mass is 328 g/mol. The van der Waals surface area contributed by atoms with Crippen molar-refractivity contribution in [2.24, 2.45) is 11.8 Å². The Hall–Kier alpha value is -1.76. The predicted molar refractivity (Wildman–Crippen MR) is 80.4 cm³/mol. The molecular weight excluding hydrogens is 309 g/mol. The van der Waals surface area contributed by atoms with Gasteiger partial charge in [-0.3, -0.25) is 4.79 Å². The van der Waals surface area contributed by atoms with Crippen molar-refractivity contribution in [1.29, 1.82) is 0 Å². The Morgan fingerprint density at radius 1 is 1.30 bits per heavy atom. The minimum atomic E-state index is -4.43. The molecule has 23 heavy (non-hydrogen) atoms. The Morgan fingerprint density at radius 3 is 2.52 bits per heavy atom. The number of alkyl halides is 3. The van der Waals surface area contributed by atoms with E-state index < -0.39 is 11.7 Å². The van der Waals surface area contributed by atoms with Crippen molar-refractivity contribution in [2.75, 3.05) is 36.5 Å². The van der Waals surface area contributed by atoms with Gasteiger partial charge in [0.15, 0.2) is 0 Å². The van der Waals surface area contributed by atoms with Gasteiger partial charge in [0.05, 0.1) is 30.2 Å². The van der Waals surface area contributed by atoms with Gasteiger partial charge in [-0.15, -0.1) is 0 Å². The highest BCUT2D eigenvalue weighted by atomic mass is 19.4. The SMILES string of the molecule is C[C@H]1C[C@@H]1C(=O)Nc1cc(C(F)(F)F)ccc1N1CCOCC1. The molecule has 2 fully saturated rings. The van der Waals surface area contributed by atoms with Crippen LogP contribution in [0.1, 0.15) is 18.9 Å². The van der Waals surface area contributed by atoms with E-state index in [4.69, 9.17) is 4.74 Å². The molecule has 1 aromatic rings. The highest BCUT2D eigenvalue weighted by Gasteiger charge is 2.39. The van der Waals surface area contributed by atoms with E-state index in [9.17, 15) is 18.0 Å². The molecule has 1 heterocycles. The van der Waals surface area contributed by atoms with Crippen LogP contribution >= 0.6 is 0 Å². The lowest BCUT2D eigenvalue weighted by molar-refractivity contribution is -0.137. The fourth-order valence-corrected chi connectivity index (χ4v) is 2.81. The lowest BCUT2D eigenvalue weighted by atomic mass is 10.1. The van der Waals surface area contributed by atoms with E-state index in [2.05, 4.69) is 5.32 Å². The van der Waals surface area contributed by atoms with Gasteiger partial charge in [0, 0.05) is 19.0 Å². The van der Waals surface area contributed by atoms with Crippen LogP contribution in [0.4, 0.5) is 24.5 Å². The lowest BCUT2D eigenvalue weighted by Gasteiger charge is -2.31. The summed E-state index contributed by atoms with van der Waals surface area (Å²) in [6, 6.07) is 3.51. The zero-order valence-corrected chi connectivity index (χ0v) is 12.8. The fraction of sp³-hybridized carbons (Fsp3) is 0.562. The Bertz CT molecular complexity index is 597. The highest BCUT2D eigenvalue weighted by molar-refractivity contribution is 5.97. The van der Waals surface area contributed by atoms with Crippen molar-refractivity contribution in [3.8, 4) is 0 Å². The molecule has 0 bridgehead atoms. The third-order valence-corrected chi connectivity index (χ3v) is 4.38. The van der Waals surface area contributed by atoms with Crippen LogP contribution in [0.2, 0.25) is 0 Å². The summed E-state index contributed by atoms with van der Waals surface area (Å²) in [5.41, 5.74) is 0.0856. The summed E-state index contributed by atoms with van der Waals surface area (Å²) in [6.45, 7) is 4.18. The van der Waals surface area contributed by atoms with E-state index >= 15 is 0 Å². The van der Waals surface area contributed by atoms with E-state index in [1.165, 1.54) is 6.07 Å². The van der Waals surface area contributed by atoms with Crippen molar-refractivity contribution in [3.63, 3.8) is 0 Å². The van der Waals surface area contributed by atoms with Crippen LogP contribution in [0, 0.1) is 11.8 Å². The number of morpholine rings is 1. The van der Waals surface area contributed by atoms with Gasteiger partial charge in [-0.05, 0) is 30.5 Å². The molecule has 1 aromatic carbocycles. The molecule has 1 saturated heterocycles. The van der Waals surface area contributed by atoms with E-state index in [0.717, 1.165) is 18.6 Å². The summed E-state index contributed by atoms with van der Waals surface area (Å²) in [7, 11) is 0. The van der Waals surface area contributed by atoms with Crippen LogP contribution in [-0.2, 0) is 15.7 Å². The van der Waals surface area contributed by atoms with E-state index in [-0.39, 0.29) is 17.5 Å². The van der Waals surface area contributed by atoms with Crippen LogP contribution < -0.4 is 10.2 Å². The standard InChI is InChI=1S/C16H19F3N2O2/c1-10-8-12(10)15(22)20-13-9-11(16(17,18)19)2-3-14(13)21-4-6-23-7-5-21/h2-3,9-10,12H,4-8H2,1H3,(H,20,22)/t10-,12-/m0/s1. The Balaban J connectivity index is 1.89. The van der Waals surface area contributed by atoms with Crippen LogP contribution in [0.25, 0.3) is 0 Å². The van der Waals surface area contributed by atoms with Gasteiger partial charge in [-0.2, -0.15) is 13.2 Å². The average Bonchev–Trinajstić information content (AvgIpc) is 3.24. The quantitative estimate of drug-likeness (QED) is 0.927. The van der Waals surface area contributed by atoms with Gasteiger partial charge < -0.3 is 15.0 Å². The maximum absolute atomic E-state index is 13.0. The summed E-state index contributed by atoms with van der Waals surface area (Å²) in [6.07, 6.45) is -3.65. The Morgan fingerprint density at radius 2 is 1.96 bits per heavy atom. The van der Waals surface area contributed by atoms with Crippen LogP contribution in [-0.4, -0.2) is 32.2 Å². The molecule has 2 atom stereocenters. The fourth-order valence-electron chi connectivity index (χ4n) is 2.81. The largest absolute Gasteiger partial charge is 0.416 e. The molecule has 0 unspecified atom stereocenters. The number of benzene rings is 1. The summed E-state index contributed by atoms with van der Waals surface area (Å²) in [5.74, 6) is 0.000974. The lowest BCUT2D eigenvalue weighted by Crippen LogP contribution is -2.37. The minimum Gasteiger partial charge on any atom is -0.378 e. The summed E-state index contributed by atoms with van der Waals surface area (Å²) >= 11 is 0. The van der Waals surface area contributed by atoms with Gasteiger partial charge in [0.25, 0.3) is 0 Å². The molecule has 0 spiro atoms.